The van der Waals surface area contributed by atoms with Crippen LogP contribution >= 0.6 is 0 Å². The fourth-order valence-electron chi connectivity index (χ4n) is 5.02. The van der Waals surface area contributed by atoms with E-state index in [0.717, 1.165) is 19.5 Å². The van der Waals surface area contributed by atoms with Crippen LogP contribution in [0.2, 0.25) is 0 Å². The Morgan fingerprint density at radius 3 is 2.77 bits per heavy atom. The lowest BCUT2D eigenvalue weighted by Gasteiger charge is -2.33. The van der Waals surface area contributed by atoms with Gasteiger partial charge in [0.15, 0.2) is 17.2 Å². The Hall–Kier alpha value is -3.79. The minimum Gasteiger partial charge on any atom is -0.474 e. The highest BCUT2D eigenvalue weighted by atomic mass is 19.1. The Morgan fingerprint density at radius 2 is 2.03 bits per heavy atom. The van der Waals surface area contributed by atoms with Gasteiger partial charge in [-0.3, -0.25) is 9.69 Å². The van der Waals surface area contributed by atoms with Gasteiger partial charge in [-0.1, -0.05) is 0 Å². The molecule has 2 saturated heterocycles. The molecule has 2 fully saturated rings. The van der Waals surface area contributed by atoms with E-state index in [2.05, 4.69) is 42.4 Å². The number of piperazine rings is 1. The van der Waals surface area contributed by atoms with Crippen molar-refractivity contribution >= 4 is 29.0 Å². The Bertz CT molecular complexity index is 1330. The molecule has 9 nitrogen and oxygen atoms in total. The number of rotatable bonds is 4. The first-order valence-corrected chi connectivity index (χ1v) is 11.6. The monoisotopic (exact) mass is 475 g/mol. The van der Waals surface area contributed by atoms with E-state index in [-0.39, 0.29) is 11.7 Å². The van der Waals surface area contributed by atoms with Gasteiger partial charge in [0.1, 0.15) is 5.82 Å². The number of pyridine rings is 1. The summed E-state index contributed by atoms with van der Waals surface area (Å²) in [5.74, 6) is 0.672. The summed E-state index contributed by atoms with van der Waals surface area (Å²) in [6.07, 6.45) is 4.32. The van der Waals surface area contributed by atoms with Crippen molar-refractivity contribution in [1.29, 1.82) is 0 Å². The third-order valence-corrected chi connectivity index (χ3v) is 6.98. The van der Waals surface area contributed by atoms with Crippen molar-refractivity contribution in [2.24, 2.45) is 0 Å². The third kappa shape index (κ3) is 3.83. The fraction of sp³-hybridized carbons (Fsp3) is 0.360. The summed E-state index contributed by atoms with van der Waals surface area (Å²) < 4.78 is 20.9. The van der Waals surface area contributed by atoms with E-state index >= 15 is 4.39 Å². The molecule has 0 radical (unpaired) electrons. The molecule has 5 heterocycles. The predicted molar refractivity (Wildman–Crippen MR) is 130 cm³/mol. The highest BCUT2D eigenvalue weighted by Gasteiger charge is 2.42. The minimum atomic E-state index is -0.994. The van der Waals surface area contributed by atoms with E-state index in [9.17, 15) is 4.79 Å². The molecule has 2 bridgehead atoms. The summed E-state index contributed by atoms with van der Waals surface area (Å²) in [7, 11) is 2.13. The van der Waals surface area contributed by atoms with Crippen LogP contribution < -0.4 is 20.3 Å². The van der Waals surface area contributed by atoms with E-state index in [1.165, 1.54) is 6.07 Å². The summed E-state index contributed by atoms with van der Waals surface area (Å²) in [4.78, 5) is 29.8. The molecule has 2 unspecified atom stereocenters. The molecule has 1 amide bonds. The first-order chi connectivity index (χ1) is 16.8. The van der Waals surface area contributed by atoms with Gasteiger partial charge in [-0.05, 0) is 57.6 Å². The van der Waals surface area contributed by atoms with Crippen molar-refractivity contribution in [3.05, 3.63) is 48.5 Å². The number of fused-ring (bicyclic) bond motifs is 3. The van der Waals surface area contributed by atoms with Crippen LogP contribution in [0.4, 0.5) is 27.5 Å². The number of halogens is 1. The minimum absolute atomic E-state index is 0.249. The quantitative estimate of drug-likeness (QED) is 0.593. The summed E-state index contributed by atoms with van der Waals surface area (Å²) in [6, 6.07) is 9.56. The third-order valence-electron chi connectivity index (χ3n) is 6.98. The maximum atomic E-state index is 15.0. The highest BCUT2D eigenvalue weighted by molar-refractivity contribution is 5.99. The van der Waals surface area contributed by atoms with Crippen LogP contribution in [0.3, 0.4) is 0 Å². The van der Waals surface area contributed by atoms with Crippen LogP contribution in [-0.2, 0) is 4.79 Å². The number of carbonyl (C=O) groups is 1. The number of amides is 1. The number of benzene rings is 1. The van der Waals surface area contributed by atoms with Gasteiger partial charge in [-0.15, -0.1) is 0 Å². The van der Waals surface area contributed by atoms with E-state index in [1.54, 1.807) is 38.4 Å². The van der Waals surface area contributed by atoms with Crippen LogP contribution in [0.25, 0.3) is 11.3 Å². The van der Waals surface area contributed by atoms with Crippen molar-refractivity contribution in [1.82, 2.24) is 19.9 Å². The lowest BCUT2D eigenvalue weighted by Crippen LogP contribution is -2.45. The Kier molecular flexibility index (Phi) is 4.89. The molecule has 10 heteroatoms. The average Bonchev–Trinajstić information content (AvgIpc) is 3.39. The summed E-state index contributed by atoms with van der Waals surface area (Å²) >= 11 is 0. The van der Waals surface area contributed by atoms with Gasteiger partial charge >= 0.3 is 0 Å². The van der Waals surface area contributed by atoms with E-state index < -0.39 is 5.60 Å². The molecule has 180 valence electrons. The van der Waals surface area contributed by atoms with Gasteiger partial charge in [-0.2, -0.15) is 0 Å². The van der Waals surface area contributed by atoms with Crippen LogP contribution in [0.1, 0.15) is 20.3 Å². The fourth-order valence-corrected chi connectivity index (χ4v) is 5.02. The number of likely N-dealkylation sites (tertiary alicyclic amines) is 1. The SMILES string of the molecule is CN1CC2CC1CN2c1ccc(Nc2nccc(-c3cnc4c(c3)OC(C)(C)C(=O)N4)n2)cc1F. The van der Waals surface area contributed by atoms with Crippen molar-refractivity contribution in [3.8, 4) is 17.0 Å². The normalized spacial score (nSPS) is 22.5. The summed E-state index contributed by atoms with van der Waals surface area (Å²) in [5, 5.41) is 5.85. The Balaban J connectivity index is 1.21. The van der Waals surface area contributed by atoms with Gasteiger partial charge in [0, 0.05) is 48.8 Å². The van der Waals surface area contributed by atoms with Gasteiger partial charge in [0.2, 0.25) is 5.95 Å². The molecule has 0 spiro atoms. The van der Waals surface area contributed by atoms with E-state index in [0.29, 0.717) is 52.2 Å². The number of ether oxygens (including phenoxy) is 1. The van der Waals surface area contributed by atoms with Crippen molar-refractivity contribution in [2.75, 3.05) is 35.7 Å². The molecule has 2 atom stereocenters. The molecular weight excluding hydrogens is 449 g/mol. The maximum absolute atomic E-state index is 15.0. The van der Waals surface area contributed by atoms with Gasteiger partial charge in [-0.25, -0.2) is 19.3 Å². The maximum Gasteiger partial charge on any atom is 0.269 e. The summed E-state index contributed by atoms with van der Waals surface area (Å²) in [6.45, 7) is 5.22. The molecule has 3 aliphatic rings. The number of nitrogens with zero attached hydrogens (tertiary/aromatic N) is 5. The second kappa shape index (κ2) is 7.88. The van der Waals surface area contributed by atoms with Gasteiger partial charge < -0.3 is 20.3 Å². The lowest BCUT2D eigenvalue weighted by atomic mass is 10.1. The zero-order chi connectivity index (χ0) is 24.3. The molecule has 6 rings (SSSR count). The zero-order valence-electron chi connectivity index (χ0n) is 19.7. The second-order valence-electron chi connectivity index (χ2n) is 9.83. The molecule has 0 saturated carbocycles. The smallest absolute Gasteiger partial charge is 0.269 e. The van der Waals surface area contributed by atoms with Gasteiger partial charge in [0.05, 0.1) is 11.4 Å². The van der Waals surface area contributed by atoms with Crippen LogP contribution in [-0.4, -0.2) is 63.6 Å². The molecule has 35 heavy (non-hydrogen) atoms. The number of hydrogen-bond acceptors (Lipinski definition) is 8. The average molecular weight is 476 g/mol. The molecular formula is C25H26FN7O2. The number of likely N-dealkylation sites (N-methyl/N-ethyl adjacent to an activating group) is 1. The number of aromatic nitrogens is 3. The largest absolute Gasteiger partial charge is 0.474 e. The Morgan fingerprint density at radius 1 is 1.17 bits per heavy atom. The van der Waals surface area contributed by atoms with Crippen LogP contribution in [0.5, 0.6) is 5.75 Å². The standard InChI is InChI=1S/C25H26FN7O2/c1-25(2)23(34)31-22-21(35-25)8-14(11-28-22)19-6-7-27-24(30-19)29-15-4-5-20(18(26)9-15)33-13-16-10-17(33)12-32(16)3/h4-9,11,16-17H,10,12-13H2,1-3H3,(H,27,29,30)(H,28,31,34). The number of hydrogen-bond donors (Lipinski definition) is 2. The first-order valence-electron chi connectivity index (χ1n) is 11.6. The number of nitrogens with one attached hydrogen (secondary N) is 2. The molecule has 3 aromatic rings. The predicted octanol–water partition coefficient (Wildman–Crippen LogP) is 3.42. The zero-order valence-corrected chi connectivity index (χ0v) is 19.7. The highest BCUT2D eigenvalue weighted by Crippen LogP contribution is 2.37. The van der Waals surface area contributed by atoms with Crippen molar-refractivity contribution in [3.63, 3.8) is 0 Å². The molecule has 2 N–H and O–H groups in total. The number of anilines is 4. The first kappa shape index (κ1) is 21.7. The Labute approximate surface area is 202 Å². The van der Waals surface area contributed by atoms with Crippen LogP contribution in [0.15, 0.2) is 42.7 Å². The second-order valence-corrected chi connectivity index (χ2v) is 9.83. The molecule has 3 aliphatic heterocycles. The van der Waals surface area contributed by atoms with E-state index in [4.69, 9.17) is 4.74 Å². The lowest BCUT2D eigenvalue weighted by molar-refractivity contribution is -0.129. The summed E-state index contributed by atoms with van der Waals surface area (Å²) in [5.41, 5.74) is 1.54. The van der Waals surface area contributed by atoms with Crippen molar-refractivity contribution in [2.45, 2.75) is 38.0 Å². The molecule has 1 aromatic carbocycles. The van der Waals surface area contributed by atoms with E-state index in [1.807, 2.05) is 12.1 Å². The molecule has 0 aliphatic carbocycles. The van der Waals surface area contributed by atoms with Crippen LogP contribution in [0, 0.1) is 5.82 Å². The number of carbonyl (C=O) groups excluding carboxylic acids is 1. The molecule has 2 aromatic heterocycles. The van der Waals surface area contributed by atoms with Crippen molar-refractivity contribution < 1.29 is 13.9 Å². The topological polar surface area (TPSA) is 95.5 Å². The van der Waals surface area contributed by atoms with Gasteiger partial charge in [0.25, 0.3) is 5.91 Å².